The van der Waals surface area contributed by atoms with E-state index in [0.29, 0.717) is 37.3 Å². The number of hydrogen-bond acceptors (Lipinski definition) is 4. The molecule has 1 aromatic carbocycles. The fourth-order valence-electron chi connectivity index (χ4n) is 2.18. The van der Waals surface area contributed by atoms with Crippen LogP contribution in [0.3, 0.4) is 0 Å². The Bertz CT molecular complexity index is 648. The van der Waals surface area contributed by atoms with Crippen LogP contribution in [0.15, 0.2) is 24.3 Å². The van der Waals surface area contributed by atoms with Gasteiger partial charge in [-0.2, -0.15) is 4.31 Å². The summed E-state index contributed by atoms with van der Waals surface area (Å²) in [6.07, 6.45) is 1.18. The molecule has 1 fully saturated rings. The highest BCUT2D eigenvalue weighted by atomic mass is 32.2. The molecular weight excluding hydrogens is 310 g/mol. The summed E-state index contributed by atoms with van der Waals surface area (Å²) in [5.74, 6) is -0.113. The Morgan fingerprint density at radius 2 is 1.57 bits per heavy atom. The maximum absolute atomic E-state index is 12.3. The Kier molecular flexibility index (Phi) is 4.60. The second-order valence-electron chi connectivity index (χ2n) is 4.90. The Hall–Kier alpha value is -1.51. The van der Waals surface area contributed by atoms with Gasteiger partial charge in [-0.3, -0.25) is 4.79 Å². The zero-order valence-corrected chi connectivity index (χ0v) is 13.3. The molecule has 0 radical (unpaired) electrons. The number of carbonyl (C=O) groups is 1. The van der Waals surface area contributed by atoms with Crippen molar-refractivity contribution in [3.8, 4) is 0 Å². The molecule has 1 saturated heterocycles. The molecule has 0 unspecified atom stereocenters. The molecule has 0 aromatic heterocycles. The minimum absolute atomic E-state index is 0.113. The number of nitrogens with two attached hydrogens (primary N) is 1. The summed E-state index contributed by atoms with van der Waals surface area (Å²) in [5.41, 5.74) is 6.77. The topological polar surface area (TPSA) is 83.7 Å². The molecule has 0 saturated carbocycles. The predicted octanol–water partition coefficient (Wildman–Crippen LogP) is 0.0382. The fourth-order valence-corrected chi connectivity index (χ4v) is 3.15. The molecule has 1 heterocycles. The Labute approximate surface area is 129 Å². The molecule has 2 rings (SSSR count). The van der Waals surface area contributed by atoms with Crippen molar-refractivity contribution < 1.29 is 13.2 Å². The predicted molar refractivity (Wildman–Crippen MR) is 84.6 cm³/mol. The first kappa shape index (κ1) is 15.9. The molecule has 0 aliphatic carbocycles. The van der Waals surface area contributed by atoms with Gasteiger partial charge in [0.2, 0.25) is 10.0 Å². The second kappa shape index (κ2) is 6.08. The van der Waals surface area contributed by atoms with Crippen LogP contribution in [-0.4, -0.2) is 61.0 Å². The molecule has 2 N–H and O–H groups in total. The van der Waals surface area contributed by atoms with Crippen molar-refractivity contribution in [1.29, 1.82) is 0 Å². The van der Waals surface area contributed by atoms with Crippen LogP contribution in [0.4, 0.5) is 0 Å². The van der Waals surface area contributed by atoms with Crippen LogP contribution < -0.4 is 5.73 Å². The summed E-state index contributed by atoms with van der Waals surface area (Å²) >= 11 is 4.86. The maximum Gasteiger partial charge on any atom is 0.253 e. The number of thiocarbonyl (C=S) groups is 1. The van der Waals surface area contributed by atoms with Crippen molar-refractivity contribution in [3.05, 3.63) is 35.4 Å². The Morgan fingerprint density at radius 1 is 1.10 bits per heavy atom. The van der Waals surface area contributed by atoms with Crippen molar-refractivity contribution in [2.75, 3.05) is 32.4 Å². The first-order valence-corrected chi connectivity index (χ1v) is 8.69. The minimum atomic E-state index is -3.19. The summed E-state index contributed by atoms with van der Waals surface area (Å²) in [4.78, 5) is 14.3. The molecule has 1 aliphatic rings. The van der Waals surface area contributed by atoms with E-state index in [1.54, 1.807) is 29.2 Å². The fraction of sp³-hybridized carbons (Fsp3) is 0.385. The maximum atomic E-state index is 12.3. The van der Waals surface area contributed by atoms with E-state index in [4.69, 9.17) is 18.0 Å². The van der Waals surface area contributed by atoms with Gasteiger partial charge in [-0.15, -0.1) is 0 Å². The van der Waals surface area contributed by atoms with Gasteiger partial charge in [0.1, 0.15) is 4.99 Å². The number of hydrogen-bond donors (Lipinski definition) is 1. The van der Waals surface area contributed by atoms with E-state index in [0.717, 1.165) is 0 Å². The molecule has 1 aromatic rings. The lowest BCUT2D eigenvalue weighted by molar-refractivity contribution is 0.0698. The van der Waals surface area contributed by atoms with Crippen molar-refractivity contribution >= 4 is 33.1 Å². The van der Waals surface area contributed by atoms with Crippen molar-refractivity contribution in [2.24, 2.45) is 5.73 Å². The summed E-state index contributed by atoms with van der Waals surface area (Å²) in [6.45, 7) is 1.44. The van der Waals surface area contributed by atoms with Gasteiger partial charge in [0.25, 0.3) is 5.91 Å². The monoisotopic (exact) mass is 327 g/mol. The summed E-state index contributed by atoms with van der Waals surface area (Å²) in [5, 5.41) is 0. The van der Waals surface area contributed by atoms with E-state index in [1.165, 1.54) is 10.6 Å². The van der Waals surface area contributed by atoms with Crippen LogP contribution in [0.1, 0.15) is 15.9 Å². The third kappa shape index (κ3) is 3.78. The number of rotatable bonds is 3. The van der Waals surface area contributed by atoms with E-state index in [2.05, 4.69) is 0 Å². The van der Waals surface area contributed by atoms with Crippen molar-refractivity contribution in [1.82, 2.24) is 9.21 Å². The highest BCUT2D eigenvalue weighted by molar-refractivity contribution is 7.88. The SMILES string of the molecule is CS(=O)(=O)N1CCN(C(=O)c2ccc(C(N)=S)cc2)CC1. The molecule has 6 nitrogen and oxygen atoms in total. The van der Waals surface area contributed by atoms with E-state index in [9.17, 15) is 13.2 Å². The number of sulfonamides is 1. The number of carbonyl (C=O) groups excluding carboxylic acids is 1. The number of piperazine rings is 1. The van der Waals surface area contributed by atoms with Gasteiger partial charge in [-0.05, 0) is 12.1 Å². The molecule has 114 valence electrons. The number of benzene rings is 1. The summed E-state index contributed by atoms with van der Waals surface area (Å²) in [6, 6.07) is 6.78. The lowest BCUT2D eigenvalue weighted by Gasteiger charge is -2.33. The molecule has 0 spiro atoms. The minimum Gasteiger partial charge on any atom is -0.389 e. The van der Waals surface area contributed by atoms with Crippen LogP contribution in [0.5, 0.6) is 0 Å². The molecule has 0 atom stereocenters. The van der Waals surface area contributed by atoms with Crippen LogP contribution in [-0.2, 0) is 10.0 Å². The molecule has 1 aliphatic heterocycles. The third-order valence-corrected chi connectivity index (χ3v) is 4.95. The van der Waals surface area contributed by atoms with Gasteiger partial charge in [0.05, 0.1) is 6.26 Å². The van der Waals surface area contributed by atoms with Crippen LogP contribution in [0.25, 0.3) is 0 Å². The van der Waals surface area contributed by atoms with Gasteiger partial charge >= 0.3 is 0 Å². The molecule has 0 bridgehead atoms. The zero-order chi connectivity index (χ0) is 15.6. The lowest BCUT2D eigenvalue weighted by atomic mass is 10.1. The number of amides is 1. The first-order valence-electron chi connectivity index (χ1n) is 6.43. The van der Waals surface area contributed by atoms with E-state index < -0.39 is 10.0 Å². The second-order valence-corrected chi connectivity index (χ2v) is 7.32. The van der Waals surface area contributed by atoms with E-state index >= 15 is 0 Å². The van der Waals surface area contributed by atoms with Crippen LogP contribution in [0.2, 0.25) is 0 Å². The largest absolute Gasteiger partial charge is 0.389 e. The van der Waals surface area contributed by atoms with Crippen LogP contribution >= 0.6 is 12.2 Å². The molecule has 1 amide bonds. The number of nitrogens with zero attached hydrogens (tertiary/aromatic N) is 2. The smallest absolute Gasteiger partial charge is 0.253 e. The molecule has 8 heteroatoms. The first-order chi connectivity index (χ1) is 9.79. The van der Waals surface area contributed by atoms with Gasteiger partial charge in [-0.25, -0.2) is 8.42 Å². The van der Waals surface area contributed by atoms with Gasteiger partial charge in [0, 0.05) is 37.3 Å². The highest BCUT2D eigenvalue weighted by Crippen LogP contribution is 2.12. The van der Waals surface area contributed by atoms with Gasteiger partial charge in [0.15, 0.2) is 0 Å². The summed E-state index contributed by atoms with van der Waals surface area (Å²) in [7, 11) is -3.19. The molecule has 21 heavy (non-hydrogen) atoms. The normalized spacial score (nSPS) is 16.7. The van der Waals surface area contributed by atoms with Gasteiger partial charge in [-0.1, -0.05) is 24.4 Å². The van der Waals surface area contributed by atoms with E-state index in [-0.39, 0.29) is 10.9 Å². The lowest BCUT2D eigenvalue weighted by Crippen LogP contribution is -2.50. The highest BCUT2D eigenvalue weighted by Gasteiger charge is 2.26. The Balaban J connectivity index is 2.03. The van der Waals surface area contributed by atoms with Crippen LogP contribution in [0, 0.1) is 0 Å². The average molecular weight is 327 g/mol. The van der Waals surface area contributed by atoms with Gasteiger partial charge < -0.3 is 10.6 Å². The van der Waals surface area contributed by atoms with E-state index in [1.807, 2.05) is 0 Å². The zero-order valence-electron chi connectivity index (χ0n) is 11.7. The molecular formula is C13H17N3O3S2. The quantitative estimate of drug-likeness (QED) is 0.793. The van der Waals surface area contributed by atoms with Crippen molar-refractivity contribution in [3.63, 3.8) is 0 Å². The third-order valence-electron chi connectivity index (χ3n) is 3.41. The standard InChI is InChI=1S/C13H17N3O3S2/c1-21(18,19)16-8-6-15(7-9-16)13(17)11-4-2-10(3-5-11)12(14)20/h2-5H,6-9H2,1H3,(H2,14,20). The average Bonchev–Trinajstić information content (AvgIpc) is 2.46. The Morgan fingerprint density at radius 3 is 2.00 bits per heavy atom. The summed E-state index contributed by atoms with van der Waals surface area (Å²) < 4.78 is 24.2. The van der Waals surface area contributed by atoms with Crippen molar-refractivity contribution in [2.45, 2.75) is 0 Å².